The minimum Gasteiger partial charge on any atom is -0.490 e. The first-order chi connectivity index (χ1) is 9.19. The van der Waals surface area contributed by atoms with Crippen molar-refractivity contribution in [2.45, 2.75) is 39.2 Å². The van der Waals surface area contributed by atoms with E-state index in [0.29, 0.717) is 18.6 Å². The summed E-state index contributed by atoms with van der Waals surface area (Å²) in [5, 5.41) is 11.3. The zero-order valence-corrected chi connectivity index (χ0v) is 11.2. The van der Waals surface area contributed by atoms with Gasteiger partial charge in [0.25, 0.3) is 0 Å². The minimum atomic E-state index is -0.849. The van der Waals surface area contributed by atoms with Crippen molar-refractivity contribution < 1.29 is 19.4 Å². The second-order valence-electron chi connectivity index (χ2n) is 3.96. The summed E-state index contributed by atoms with van der Waals surface area (Å²) in [6.07, 6.45) is 1.84. The summed E-state index contributed by atoms with van der Waals surface area (Å²) in [4.78, 5) is 20.9. The molecule has 0 spiro atoms. The Balaban J connectivity index is 0.000000861. The molecule has 0 saturated heterocycles. The maximum absolute atomic E-state index is 10.6. The van der Waals surface area contributed by atoms with Crippen molar-refractivity contribution in [3.05, 3.63) is 23.8 Å². The lowest BCUT2D eigenvalue weighted by Gasteiger charge is -2.25. The van der Waals surface area contributed by atoms with Crippen LogP contribution < -0.4 is 10.1 Å². The maximum Gasteiger partial charge on any atom is 0.307 e. The summed E-state index contributed by atoms with van der Waals surface area (Å²) in [7, 11) is 0. The van der Waals surface area contributed by atoms with E-state index in [-0.39, 0.29) is 12.5 Å². The van der Waals surface area contributed by atoms with Gasteiger partial charge < -0.3 is 15.2 Å². The normalized spacial score (nSPS) is 16.2. The van der Waals surface area contributed by atoms with Crippen LogP contribution in [0.5, 0.6) is 5.75 Å². The molecular formula is C14H19NO4. The van der Waals surface area contributed by atoms with Crippen LogP contribution in [0.2, 0.25) is 0 Å². The highest BCUT2D eigenvalue weighted by molar-refractivity contribution is 5.72. The van der Waals surface area contributed by atoms with E-state index in [9.17, 15) is 9.59 Å². The number of ether oxygens (including phenoxy) is 1. The highest BCUT2D eigenvalue weighted by atomic mass is 16.5. The fourth-order valence-corrected chi connectivity index (χ4v) is 1.94. The second-order valence-corrected chi connectivity index (χ2v) is 3.96. The molecule has 1 atom stereocenters. The van der Waals surface area contributed by atoms with Gasteiger partial charge >= 0.3 is 5.97 Å². The van der Waals surface area contributed by atoms with E-state index < -0.39 is 5.97 Å². The van der Waals surface area contributed by atoms with Crippen LogP contribution in [0, 0.1) is 0 Å². The third-order valence-corrected chi connectivity index (χ3v) is 2.72. The van der Waals surface area contributed by atoms with Crippen LogP contribution in [0.1, 0.15) is 32.3 Å². The monoisotopic (exact) mass is 265 g/mol. The second kappa shape index (κ2) is 7.41. The standard InChI is InChI=1S/C12H13NO4.C2H6/c14-7-13-9-2-4-11-8(5-9)1-3-10(17-11)6-12(15)16;1-2/h2,4-5,7,10H,1,3,6H2,(H,13,14)(H,15,16);1-2H3. The van der Waals surface area contributed by atoms with E-state index in [1.54, 1.807) is 12.1 Å². The van der Waals surface area contributed by atoms with Crippen molar-refractivity contribution in [3.8, 4) is 5.75 Å². The van der Waals surface area contributed by atoms with E-state index in [4.69, 9.17) is 9.84 Å². The number of carboxylic acids is 1. The summed E-state index contributed by atoms with van der Waals surface area (Å²) >= 11 is 0. The van der Waals surface area contributed by atoms with Gasteiger partial charge in [-0.05, 0) is 36.6 Å². The average Bonchev–Trinajstić information content (AvgIpc) is 2.41. The Kier molecular flexibility index (Phi) is 5.85. The first-order valence-electron chi connectivity index (χ1n) is 6.40. The van der Waals surface area contributed by atoms with Crippen LogP contribution in [-0.4, -0.2) is 23.6 Å². The van der Waals surface area contributed by atoms with Crippen LogP contribution in [-0.2, 0) is 16.0 Å². The minimum absolute atomic E-state index is 0.0216. The van der Waals surface area contributed by atoms with Gasteiger partial charge in [-0.3, -0.25) is 9.59 Å². The lowest BCUT2D eigenvalue weighted by Crippen LogP contribution is -2.25. The van der Waals surface area contributed by atoms with Crippen molar-refractivity contribution in [1.82, 2.24) is 0 Å². The van der Waals surface area contributed by atoms with Crippen molar-refractivity contribution in [3.63, 3.8) is 0 Å². The maximum atomic E-state index is 10.6. The molecule has 5 nitrogen and oxygen atoms in total. The molecule has 5 heteroatoms. The highest BCUT2D eigenvalue weighted by Gasteiger charge is 2.22. The van der Waals surface area contributed by atoms with E-state index in [2.05, 4.69) is 5.32 Å². The van der Waals surface area contributed by atoms with Gasteiger partial charge in [0, 0.05) is 5.69 Å². The Morgan fingerprint density at radius 3 is 2.89 bits per heavy atom. The van der Waals surface area contributed by atoms with Crippen LogP contribution in [0.15, 0.2) is 18.2 Å². The molecule has 1 unspecified atom stereocenters. The molecule has 1 heterocycles. The summed E-state index contributed by atoms with van der Waals surface area (Å²) < 4.78 is 5.58. The molecule has 1 aromatic rings. The fourth-order valence-electron chi connectivity index (χ4n) is 1.94. The third-order valence-electron chi connectivity index (χ3n) is 2.72. The average molecular weight is 265 g/mol. The van der Waals surface area contributed by atoms with Crippen molar-refractivity contribution >= 4 is 18.1 Å². The van der Waals surface area contributed by atoms with Gasteiger partial charge in [-0.15, -0.1) is 0 Å². The molecule has 1 amide bonds. The summed E-state index contributed by atoms with van der Waals surface area (Å²) in [5.74, 6) is -0.142. The molecule has 1 aromatic carbocycles. The van der Waals surface area contributed by atoms with Gasteiger partial charge in [0.05, 0.1) is 6.42 Å². The number of hydrogen-bond donors (Lipinski definition) is 2. The topological polar surface area (TPSA) is 75.6 Å². The molecule has 1 aliphatic heterocycles. The number of nitrogens with one attached hydrogen (secondary N) is 1. The Labute approximate surface area is 112 Å². The number of hydrogen-bond acceptors (Lipinski definition) is 3. The lowest BCUT2D eigenvalue weighted by atomic mass is 10.00. The van der Waals surface area contributed by atoms with Gasteiger partial charge in [0.2, 0.25) is 6.41 Å². The molecule has 0 aliphatic carbocycles. The fraction of sp³-hybridized carbons (Fsp3) is 0.429. The first kappa shape index (κ1) is 15.0. The van der Waals surface area contributed by atoms with E-state index in [1.807, 2.05) is 19.9 Å². The Bertz CT molecular complexity index is 445. The lowest BCUT2D eigenvalue weighted by molar-refractivity contribution is -0.139. The van der Waals surface area contributed by atoms with Crippen LogP contribution in [0.3, 0.4) is 0 Å². The van der Waals surface area contributed by atoms with Crippen LogP contribution in [0.4, 0.5) is 5.69 Å². The third kappa shape index (κ3) is 4.28. The summed E-state index contributed by atoms with van der Waals surface area (Å²) in [5.41, 5.74) is 1.72. The zero-order valence-electron chi connectivity index (χ0n) is 11.2. The first-order valence-corrected chi connectivity index (χ1v) is 6.40. The molecule has 0 radical (unpaired) electrons. The summed E-state index contributed by atoms with van der Waals surface area (Å²) in [6, 6.07) is 5.34. The predicted molar refractivity (Wildman–Crippen MR) is 72.5 cm³/mol. The SMILES string of the molecule is CC.O=CNc1ccc2c(c1)CCC(CC(=O)O)O2. The predicted octanol–water partition coefficient (Wildman–Crippen LogP) is 2.45. The number of fused-ring (bicyclic) bond motifs is 1. The number of carbonyl (C=O) groups is 2. The highest BCUT2D eigenvalue weighted by Crippen LogP contribution is 2.30. The number of benzene rings is 1. The molecule has 0 bridgehead atoms. The quantitative estimate of drug-likeness (QED) is 0.820. The number of aryl methyl sites for hydroxylation is 1. The van der Waals surface area contributed by atoms with Crippen molar-refractivity contribution in [2.24, 2.45) is 0 Å². The van der Waals surface area contributed by atoms with Crippen molar-refractivity contribution in [2.75, 3.05) is 5.32 Å². The Hall–Kier alpha value is -2.04. The zero-order chi connectivity index (χ0) is 14.3. The molecule has 0 aromatic heterocycles. The summed E-state index contributed by atoms with van der Waals surface area (Å²) in [6.45, 7) is 4.00. The number of carboxylic acid groups (broad SMARTS) is 1. The largest absolute Gasteiger partial charge is 0.490 e. The van der Waals surface area contributed by atoms with E-state index >= 15 is 0 Å². The molecular weight excluding hydrogens is 246 g/mol. The number of rotatable bonds is 4. The number of anilines is 1. The van der Waals surface area contributed by atoms with Gasteiger partial charge in [-0.25, -0.2) is 0 Å². The van der Waals surface area contributed by atoms with Gasteiger partial charge in [0.1, 0.15) is 11.9 Å². The van der Waals surface area contributed by atoms with Gasteiger partial charge in [0.15, 0.2) is 0 Å². The van der Waals surface area contributed by atoms with Crippen molar-refractivity contribution in [1.29, 1.82) is 0 Å². The smallest absolute Gasteiger partial charge is 0.307 e. The molecule has 0 saturated carbocycles. The molecule has 2 rings (SSSR count). The molecule has 104 valence electrons. The van der Waals surface area contributed by atoms with E-state index in [1.165, 1.54) is 0 Å². The van der Waals surface area contributed by atoms with Crippen LogP contribution in [0.25, 0.3) is 0 Å². The number of aliphatic carboxylic acids is 1. The Morgan fingerprint density at radius 2 is 2.26 bits per heavy atom. The molecule has 19 heavy (non-hydrogen) atoms. The number of amides is 1. The van der Waals surface area contributed by atoms with E-state index in [0.717, 1.165) is 17.7 Å². The number of carbonyl (C=O) groups excluding carboxylic acids is 1. The van der Waals surface area contributed by atoms with Crippen LogP contribution >= 0.6 is 0 Å². The van der Waals surface area contributed by atoms with Gasteiger partial charge in [-0.1, -0.05) is 13.8 Å². The Morgan fingerprint density at radius 1 is 1.53 bits per heavy atom. The molecule has 2 N–H and O–H groups in total. The molecule has 1 aliphatic rings. The van der Waals surface area contributed by atoms with Gasteiger partial charge in [-0.2, -0.15) is 0 Å². The molecule has 0 fully saturated rings.